The Morgan fingerprint density at radius 2 is 1.89 bits per heavy atom. The van der Waals surface area contributed by atoms with Gasteiger partial charge in [-0.25, -0.2) is 8.42 Å². The van der Waals surface area contributed by atoms with Gasteiger partial charge in [-0.15, -0.1) is 11.8 Å². The maximum atomic E-state index is 12.3. The van der Waals surface area contributed by atoms with E-state index in [4.69, 9.17) is 4.74 Å². The second kappa shape index (κ2) is 9.66. The van der Waals surface area contributed by atoms with Crippen LogP contribution in [0.25, 0.3) is 0 Å². The molecule has 0 aliphatic rings. The number of anilines is 1. The number of thioether (sulfide) groups is 1. The summed E-state index contributed by atoms with van der Waals surface area (Å²) in [6.45, 7) is 2.00. The van der Waals surface area contributed by atoms with E-state index in [0.29, 0.717) is 23.7 Å². The third-order valence-corrected chi connectivity index (χ3v) is 5.87. The van der Waals surface area contributed by atoms with Crippen LogP contribution in [0.5, 0.6) is 5.75 Å². The van der Waals surface area contributed by atoms with Crippen LogP contribution < -0.4 is 14.4 Å². The minimum atomic E-state index is -3.65. The van der Waals surface area contributed by atoms with E-state index in [1.807, 2.05) is 43.3 Å². The van der Waals surface area contributed by atoms with Crippen molar-refractivity contribution in [1.82, 2.24) is 5.32 Å². The minimum Gasteiger partial charge on any atom is -0.495 e. The van der Waals surface area contributed by atoms with Crippen molar-refractivity contribution in [3.8, 4) is 5.75 Å². The van der Waals surface area contributed by atoms with Crippen LogP contribution in [0.4, 0.5) is 5.69 Å². The van der Waals surface area contributed by atoms with Crippen molar-refractivity contribution in [1.29, 1.82) is 0 Å². The van der Waals surface area contributed by atoms with E-state index in [1.165, 1.54) is 7.11 Å². The summed E-state index contributed by atoms with van der Waals surface area (Å²) < 4.78 is 30.8. The van der Waals surface area contributed by atoms with Gasteiger partial charge in [-0.05, 0) is 36.8 Å². The van der Waals surface area contributed by atoms with Crippen molar-refractivity contribution >= 4 is 33.4 Å². The van der Waals surface area contributed by atoms with Crippen LogP contribution in [-0.4, -0.2) is 46.5 Å². The van der Waals surface area contributed by atoms with Crippen molar-refractivity contribution in [3.63, 3.8) is 0 Å². The Morgan fingerprint density at radius 3 is 2.52 bits per heavy atom. The van der Waals surface area contributed by atoms with Crippen molar-refractivity contribution < 1.29 is 17.9 Å². The lowest BCUT2D eigenvalue weighted by Gasteiger charge is -2.24. The summed E-state index contributed by atoms with van der Waals surface area (Å²) in [6, 6.07) is 15.1. The van der Waals surface area contributed by atoms with E-state index in [9.17, 15) is 13.2 Å². The van der Waals surface area contributed by atoms with Gasteiger partial charge < -0.3 is 10.1 Å². The number of nitrogens with zero attached hydrogens (tertiary/aromatic N) is 1. The predicted octanol–water partition coefficient (Wildman–Crippen LogP) is 2.68. The van der Waals surface area contributed by atoms with Gasteiger partial charge in [0.05, 0.1) is 19.1 Å². The Hall–Kier alpha value is -2.19. The summed E-state index contributed by atoms with van der Waals surface area (Å²) in [4.78, 5) is 13.4. The monoisotopic (exact) mass is 408 g/mol. The first kappa shape index (κ1) is 21.1. The first-order valence-corrected chi connectivity index (χ1v) is 11.2. The van der Waals surface area contributed by atoms with E-state index < -0.39 is 10.0 Å². The highest BCUT2D eigenvalue weighted by atomic mass is 32.2. The number of benzene rings is 2. The summed E-state index contributed by atoms with van der Waals surface area (Å²) in [6.07, 6.45) is 1.08. The molecule has 0 bridgehead atoms. The molecule has 0 spiro atoms. The third-order valence-electron chi connectivity index (χ3n) is 3.73. The number of nitrogens with one attached hydrogen (secondary N) is 1. The SMILES string of the molecule is COc1ccc(C)cc1N(CC(=O)NCCSc1ccccc1)S(C)(=O)=O. The van der Waals surface area contributed by atoms with Gasteiger partial charge >= 0.3 is 0 Å². The van der Waals surface area contributed by atoms with Gasteiger partial charge in [0.2, 0.25) is 15.9 Å². The van der Waals surface area contributed by atoms with E-state index in [0.717, 1.165) is 21.0 Å². The number of methoxy groups -OCH3 is 1. The third kappa shape index (κ3) is 6.48. The average molecular weight is 409 g/mol. The Balaban J connectivity index is 2.00. The molecule has 0 radical (unpaired) electrons. The maximum absolute atomic E-state index is 12.3. The highest BCUT2D eigenvalue weighted by molar-refractivity contribution is 7.99. The minimum absolute atomic E-state index is 0.297. The normalized spacial score (nSPS) is 11.1. The topological polar surface area (TPSA) is 75.7 Å². The largest absolute Gasteiger partial charge is 0.495 e. The molecule has 1 amide bonds. The van der Waals surface area contributed by atoms with Crippen LogP contribution in [-0.2, 0) is 14.8 Å². The number of carbonyl (C=O) groups excluding carboxylic acids is 1. The summed E-state index contributed by atoms with van der Waals surface area (Å²) in [5, 5.41) is 2.77. The zero-order valence-electron chi connectivity index (χ0n) is 15.6. The predicted molar refractivity (Wildman–Crippen MR) is 110 cm³/mol. The van der Waals surface area contributed by atoms with Crippen molar-refractivity contribution in [2.75, 3.05) is 36.5 Å². The number of rotatable bonds is 9. The molecule has 1 N–H and O–H groups in total. The molecule has 0 unspecified atom stereocenters. The zero-order valence-corrected chi connectivity index (χ0v) is 17.3. The van der Waals surface area contributed by atoms with Crippen molar-refractivity contribution in [3.05, 3.63) is 54.1 Å². The molecular weight excluding hydrogens is 384 g/mol. The van der Waals surface area contributed by atoms with E-state index in [1.54, 1.807) is 23.9 Å². The van der Waals surface area contributed by atoms with E-state index in [-0.39, 0.29) is 12.5 Å². The lowest BCUT2D eigenvalue weighted by Crippen LogP contribution is -2.41. The summed E-state index contributed by atoms with van der Waals surface area (Å²) >= 11 is 1.62. The number of ether oxygens (including phenoxy) is 1. The number of carbonyl (C=O) groups is 1. The fraction of sp³-hybridized carbons (Fsp3) is 0.316. The number of hydrogen-bond donors (Lipinski definition) is 1. The quantitative estimate of drug-likeness (QED) is 0.510. The molecule has 0 atom stereocenters. The number of amides is 1. The fourth-order valence-electron chi connectivity index (χ4n) is 2.44. The average Bonchev–Trinajstić information content (AvgIpc) is 2.63. The first-order valence-electron chi connectivity index (χ1n) is 8.38. The second-order valence-electron chi connectivity index (χ2n) is 5.96. The Kier molecular flexibility index (Phi) is 7.55. The molecule has 6 nitrogen and oxygen atoms in total. The fourth-order valence-corrected chi connectivity index (χ4v) is 4.08. The van der Waals surface area contributed by atoms with Gasteiger partial charge in [-0.2, -0.15) is 0 Å². The number of aryl methyl sites for hydroxylation is 1. The molecule has 0 saturated heterocycles. The summed E-state index contributed by atoms with van der Waals surface area (Å²) in [5.41, 5.74) is 1.23. The Morgan fingerprint density at radius 1 is 1.19 bits per heavy atom. The smallest absolute Gasteiger partial charge is 0.240 e. The second-order valence-corrected chi connectivity index (χ2v) is 9.03. The van der Waals surface area contributed by atoms with Crippen LogP contribution in [0.2, 0.25) is 0 Å². The van der Waals surface area contributed by atoms with Gasteiger partial charge in [-0.1, -0.05) is 24.3 Å². The lowest BCUT2D eigenvalue weighted by molar-refractivity contribution is -0.119. The Labute approximate surface area is 165 Å². The van der Waals surface area contributed by atoms with E-state index in [2.05, 4.69) is 5.32 Å². The van der Waals surface area contributed by atoms with Gasteiger partial charge in [0.25, 0.3) is 0 Å². The zero-order chi connectivity index (χ0) is 19.9. The molecule has 0 aliphatic heterocycles. The maximum Gasteiger partial charge on any atom is 0.240 e. The highest BCUT2D eigenvalue weighted by Gasteiger charge is 2.24. The molecule has 0 saturated carbocycles. The standard InChI is InChI=1S/C19H24N2O4S2/c1-15-9-10-18(25-2)17(13-15)21(27(3,23)24)14-19(22)20-11-12-26-16-7-5-4-6-8-16/h4-10,13H,11-12,14H2,1-3H3,(H,20,22). The summed E-state index contributed by atoms with van der Waals surface area (Å²) in [7, 11) is -2.18. The van der Waals surface area contributed by atoms with Crippen molar-refractivity contribution in [2.45, 2.75) is 11.8 Å². The van der Waals surface area contributed by atoms with Crippen LogP contribution in [0, 0.1) is 6.92 Å². The van der Waals surface area contributed by atoms with Gasteiger partial charge in [0.15, 0.2) is 0 Å². The molecule has 146 valence electrons. The molecule has 8 heteroatoms. The lowest BCUT2D eigenvalue weighted by atomic mass is 10.2. The molecule has 0 aromatic heterocycles. The van der Waals surface area contributed by atoms with Crippen LogP contribution in [0.1, 0.15) is 5.56 Å². The van der Waals surface area contributed by atoms with Crippen LogP contribution in [0.15, 0.2) is 53.4 Å². The number of sulfonamides is 1. The first-order chi connectivity index (χ1) is 12.8. The molecular formula is C19H24N2O4S2. The van der Waals surface area contributed by atoms with Crippen molar-refractivity contribution in [2.24, 2.45) is 0 Å². The summed E-state index contributed by atoms with van der Waals surface area (Å²) in [5.74, 6) is 0.735. The molecule has 0 heterocycles. The van der Waals surface area contributed by atoms with Gasteiger partial charge in [0, 0.05) is 17.2 Å². The molecule has 2 aromatic rings. The van der Waals surface area contributed by atoms with Crippen LogP contribution >= 0.6 is 11.8 Å². The molecule has 2 rings (SSSR count). The van der Waals surface area contributed by atoms with Gasteiger partial charge in [-0.3, -0.25) is 9.10 Å². The number of hydrogen-bond acceptors (Lipinski definition) is 5. The molecule has 0 aliphatic carbocycles. The van der Waals surface area contributed by atoms with Crippen LogP contribution in [0.3, 0.4) is 0 Å². The molecule has 2 aromatic carbocycles. The Bertz CT molecular complexity index is 871. The van der Waals surface area contributed by atoms with E-state index >= 15 is 0 Å². The highest BCUT2D eigenvalue weighted by Crippen LogP contribution is 2.30. The molecule has 0 fully saturated rings. The molecule has 27 heavy (non-hydrogen) atoms. The van der Waals surface area contributed by atoms with Gasteiger partial charge in [0.1, 0.15) is 12.3 Å².